The SMILES string of the molecule is CCS(=O)(=O)NC1CCN(CCCC(=O)c2ccc(F)cc2)CC1. The molecule has 1 N–H and O–H groups in total. The van der Waals surface area contributed by atoms with Gasteiger partial charge in [-0.3, -0.25) is 4.79 Å². The maximum absolute atomic E-state index is 12.8. The summed E-state index contributed by atoms with van der Waals surface area (Å²) in [6.45, 7) is 4.12. The second-order valence-electron chi connectivity index (χ2n) is 6.17. The van der Waals surface area contributed by atoms with E-state index in [1.807, 2.05) is 0 Å². The first kappa shape index (κ1) is 19.0. The summed E-state index contributed by atoms with van der Waals surface area (Å²) in [5.41, 5.74) is 0.545. The number of sulfonamides is 1. The average molecular weight is 356 g/mol. The van der Waals surface area contributed by atoms with Crippen molar-refractivity contribution in [2.75, 3.05) is 25.4 Å². The number of nitrogens with one attached hydrogen (secondary N) is 1. The zero-order valence-electron chi connectivity index (χ0n) is 14.0. The van der Waals surface area contributed by atoms with Crippen LogP contribution >= 0.6 is 0 Å². The predicted molar refractivity (Wildman–Crippen MR) is 92.0 cm³/mol. The summed E-state index contributed by atoms with van der Waals surface area (Å²) in [4.78, 5) is 14.3. The minimum Gasteiger partial charge on any atom is -0.303 e. The van der Waals surface area contributed by atoms with Crippen molar-refractivity contribution in [3.8, 4) is 0 Å². The molecule has 0 aromatic heterocycles. The number of halogens is 1. The molecule has 0 atom stereocenters. The lowest BCUT2D eigenvalue weighted by atomic mass is 10.0. The van der Waals surface area contributed by atoms with Gasteiger partial charge in [0.1, 0.15) is 5.82 Å². The summed E-state index contributed by atoms with van der Waals surface area (Å²) in [7, 11) is -3.14. The number of Topliss-reactive ketones (excluding diaryl/α,β-unsaturated/α-hetero) is 1. The molecule has 5 nitrogen and oxygen atoms in total. The fourth-order valence-corrected chi connectivity index (χ4v) is 3.77. The standard InChI is InChI=1S/C17H25FN2O3S/c1-2-24(22,23)19-16-9-12-20(13-10-16)11-3-4-17(21)14-5-7-15(18)8-6-14/h5-8,16,19H,2-4,9-13H2,1H3. The monoisotopic (exact) mass is 356 g/mol. The smallest absolute Gasteiger partial charge is 0.211 e. The first-order chi connectivity index (χ1) is 11.4. The van der Waals surface area contributed by atoms with Gasteiger partial charge in [0.15, 0.2) is 5.78 Å². The first-order valence-electron chi connectivity index (χ1n) is 8.41. The van der Waals surface area contributed by atoms with Crippen LogP contribution in [0, 0.1) is 5.82 Å². The molecule has 0 radical (unpaired) electrons. The molecule has 1 fully saturated rings. The van der Waals surface area contributed by atoms with Crippen molar-refractivity contribution < 1.29 is 17.6 Å². The molecule has 0 unspecified atom stereocenters. The maximum atomic E-state index is 12.8. The Kier molecular flexibility index (Phi) is 6.89. The molecule has 7 heteroatoms. The molecule has 1 aromatic rings. The van der Waals surface area contributed by atoms with Crippen molar-refractivity contribution >= 4 is 15.8 Å². The predicted octanol–water partition coefficient (Wildman–Crippen LogP) is 2.19. The zero-order chi connectivity index (χ0) is 17.6. The highest BCUT2D eigenvalue weighted by molar-refractivity contribution is 7.89. The Hall–Kier alpha value is -1.31. The van der Waals surface area contributed by atoms with Crippen LogP contribution < -0.4 is 4.72 Å². The number of carbonyl (C=O) groups excluding carboxylic acids is 1. The van der Waals surface area contributed by atoms with Crippen LogP contribution in [0.4, 0.5) is 4.39 Å². The van der Waals surface area contributed by atoms with Gasteiger partial charge in [-0.15, -0.1) is 0 Å². The van der Waals surface area contributed by atoms with Crippen LogP contribution in [0.5, 0.6) is 0 Å². The summed E-state index contributed by atoms with van der Waals surface area (Å²) in [6, 6.07) is 5.66. The minimum absolute atomic E-state index is 0.0204. The van der Waals surface area contributed by atoms with Gasteiger partial charge in [-0.25, -0.2) is 17.5 Å². The Morgan fingerprint density at radius 3 is 2.46 bits per heavy atom. The third-order valence-corrected chi connectivity index (χ3v) is 5.81. The van der Waals surface area contributed by atoms with E-state index < -0.39 is 10.0 Å². The summed E-state index contributed by atoms with van der Waals surface area (Å²) in [5.74, 6) is -0.202. The van der Waals surface area contributed by atoms with Gasteiger partial charge < -0.3 is 4.90 Å². The van der Waals surface area contributed by atoms with Crippen LogP contribution in [0.1, 0.15) is 43.0 Å². The van der Waals surface area contributed by atoms with Gasteiger partial charge >= 0.3 is 0 Å². The highest BCUT2D eigenvalue weighted by Gasteiger charge is 2.22. The van der Waals surface area contributed by atoms with Crippen LogP contribution in [0.15, 0.2) is 24.3 Å². The Labute approximate surface area is 143 Å². The Bertz CT molecular complexity index is 638. The van der Waals surface area contributed by atoms with Crippen molar-refractivity contribution in [2.24, 2.45) is 0 Å². The van der Waals surface area contributed by atoms with E-state index >= 15 is 0 Å². The highest BCUT2D eigenvalue weighted by Crippen LogP contribution is 2.13. The first-order valence-corrected chi connectivity index (χ1v) is 10.1. The van der Waals surface area contributed by atoms with E-state index in [0.29, 0.717) is 12.0 Å². The van der Waals surface area contributed by atoms with Crippen LogP contribution in [0.3, 0.4) is 0 Å². The lowest BCUT2D eigenvalue weighted by Crippen LogP contribution is -2.45. The molecule has 134 valence electrons. The molecule has 0 aliphatic carbocycles. The Morgan fingerprint density at radius 2 is 1.88 bits per heavy atom. The fourth-order valence-electron chi connectivity index (χ4n) is 2.86. The van der Waals surface area contributed by atoms with Gasteiger partial charge in [0.2, 0.25) is 10.0 Å². The van der Waals surface area contributed by atoms with E-state index in [4.69, 9.17) is 0 Å². The van der Waals surface area contributed by atoms with Crippen LogP contribution in [-0.4, -0.2) is 50.5 Å². The van der Waals surface area contributed by atoms with Crippen LogP contribution in [0.2, 0.25) is 0 Å². The summed E-state index contributed by atoms with van der Waals surface area (Å²) >= 11 is 0. The number of ketones is 1. The molecule has 0 bridgehead atoms. The summed E-state index contributed by atoms with van der Waals surface area (Å²) in [6.07, 6.45) is 2.78. The molecule has 24 heavy (non-hydrogen) atoms. The molecule has 1 aliphatic heterocycles. The Balaban J connectivity index is 1.67. The normalized spacial score (nSPS) is 17.1. The molecular weight excluding hydrogens is 331 g/mol. The molecular formula is C17H25FN2O3S. The van der Waals surface area contributed by atoms with Crippen molar-refractivity contribution in [1.29, 1.82) is 0 Å². The molecule has 0 saturated carbocycles. The number of nitrogens with zero attached hydrogens (tertiary/aromatic N) is 1. The van der Waals surface area contributed by atoms with E-state index in [9.17, 15) is 17.6 Å². The van der Waals surface area contributed by atoms with E-state index in [1.54, 1.807) is 6.92 Å². The van der Waals surface area contributed by atoms with Gasteiger partial charge in [0.25, 0.3) is 0 Å². The summed E-state index contributed by atoms with van der Waals surface area (Å²) in [5, 5.41) is 0. The topological polar surface area (TPSA) is 66.5 Å². The molecule has 0 spiro atoms. The molecule has 0 amide bonds. The lowest BCUT2D eigenvalue weighted by molar-refractivity contribution is 0.0972. The van der Waals surface area contributed by atoms with Gasteiger partial charge in [-0.05, 0) is 70.1 Å². The third kappa shape index (κ3) is 5.96. The quantitative estimate of drug-likeness (QED) is 0.725. The molecule has 1 aromatic carbocycles. The summed E-state index contributed by atoms with van der Waals surface area (Å²) < 4.78 is 38.7. The minimum atomic E-state index is -3.14. The van der Waals surface area contributed by atoms with Crippen molar-refractivity contribution in [2.45, 2.75) is 38.6 Å². The number of rotatable bonds is 8. The van der Waals surface area contributed by atoms with Gasteiger partial charge in [-0.1, -0.05) is 0 Å². The van der Waals surface area contributed by atoms with E-state index in [-0.39, 0.29) is 23.4 Å². The third-order valence-electron chi connectivity index (χ3n) is 4.36. The van der Waals surface area contributed by atoms with Crippen LogP contribution in [-0.2, 0) is 10.0 Å². The largest absolute Gasteiger partial charge is 0.303 e. The second-order valence-corrected chi connectivity index (χ2v) is 8.21. The van der Waals surface area contributed by atoms with Crippen molar-refractivity contribution in [1.82, 2.24) is 9.62 Å². The molecule has 1 heterocycles. The lowest BCUT2D eigenvalue weighted by Gasteiger charge is -2.32. The fraction of sp³-hybridized carbons (Fsp3) is 0.588. The average Bonchev–Trinajstić information content (AvgIpc) is 2.57. The van der Waals surface area contributed by atoms with E-state index in [2.05, 4.69) is 9.62 Å². The number of hydrogen-bond donors (Lipinski definition) is 1. The number of piperidine rings is 1. The molecule has 1 aliphatic rings. The van der Waals surface area contributed by atoms with Crippen LogP contribution in [0.25, 0.3) is 0 Å². The van der Waals surface area contributed by atoms with Gasteiger partial charge in [0.05, 0.1) is 5.75 Å². The van der Waals surface area contributed by atoms with Gasteiger partial charge in [0, 0.05) is 18.0 Å². The van der Waals surface area contributed by atoms with E-state index in [0.717, 1.165) is 38.9 Å². The highest BCUT2D eigenvalue weighted by atomic mass is 32.2. The number of hydrogen-bond acceptors (Lipinski definition) is 4. The van der Waals surface area contributed by atoms with Crippen molar-refractivity contribution in [3.63, 3.8) is 0 Å². The molecule has 1 saturated heterocycles. The second kappa shape index (κ2) is 8.69. The number of benzene rings is 1. The molecule has 2 rings (SSSR count). The Morgan fingerprint density at radius 1 is 1.25 bits per heavy atom. The van der Waals surface area contributed by atoms with Gasteiger partial charge in [-0.2, -0.15) is 0 Å². The van der Waals surface area contributed by atoms with Crippen molar-refractivity contribution in [3.05, 3.63) is 35.6 Å². The van der Waals surface area contributed by atoms with E-state index in [1.165, 1.54) is 24.3 Å². The number of likely N-dealkylation sites (tertiary alicyclic amines) is 1. The maximum Gasteiger partial charge on any atom is 0.211 e. The zero-order valence-corrected chi connectivity index (χ0v) is 14.8. The number of carbonyl (C=O) groups is 1.